The Morgan fingerprint density at radius 2 is 1.92 bits per heavy atom. The van der Waals surface area contributed by atoms with Crippen molar-refractivity contribution in [2.75, 3.05) is 14.1 Å². The van der Waals surface area contributed by atoms with Gasteiger partial charge in [-0.1, -0.05) is 31.9 Å². The quantitative estimate of drug-likeness (QED) is 0.755. The molecule has 0 aliphatic heterocycles. The maximum absolute atomic E-state index is 12.4. The van der Waals surface area contributed by atoms with Crippen molar-refractivity contribution in [2.24, 2.45) is 5.92 Å². The monoisotopic (exact) mass is 376 g/mol. The molecule has 0 fully saturated rings. The van der Waals surface area contributed by atoms with Crippen molar-refractivity contribution < 1.29 is 23.1 Å². The molecule has 1 rings (SSSR count). The Hall–Kier alpha value is -1.64. The van der Waals surface area contributed by atoms with Gasteiger partial charge in [-0.15, -0.1) is 0 Å². The predicted molar refractivity (Wildman–Crippen MR) is 90.7 cm³/mol. The Bertz CT molecular complexity index is 733. The highest BCUT2D eigenvalue weighted by Gasteiger charge is 2.27. The number of amides is 1. The summed E-state index contributed by atoms with van der Waals surface area (Å²) in [6.07, 6.45) is 0.556. The number of nitrogens with zero attached hydrogens (tertiary/aromatic N) is 1. The van der Waals surface area contributed by atoms with Gasteiger partial charge >= 0.3 is 5.97 Å². The van der Waals surface area contributed by atoms with Crippen LogP contribution < -0.4 is 5.32 Å². The van der Waals surface area contributed by atoms with Crippen LogP contribution in [0.1, 0.15) is 30.6 Å². The molecule has 2 atom stereocenters. The fourth-order valence-electron chi connectivity index (χ4n) is 1.95. The van der Waals surface area contributed by atoms with Gasteiger partial charge in [0.25, 0.3) is 5.91 Å². The van der Waals surface area contributed by atoms with E-state index in [1.807, 2.05) is 6.92 Å². The first-order chi connectivity index (χ1) is 11.0. The zero-order valence-electron chi connectivity index (χ0n) is 13.9. The number of nitrogens with one attached hydrogen (secondary N) is 1. The molecule has 1 amide bonds. The van der Waals surface area contributed by atoms with Gasteiger partial charge in [0, 0.05) is 14.1 Å². The number of sulfonamides is 1. The summed E-state index contributed by atoms with van der Waals surface area (Å²) in [5.41, 5.74) is -0.0888. The molecule has 1 aromatic rings. The number of rotatable bonds is 7. The number of hydrogen-bond donors (Lipinski definition) is 2. The van der Waals surface area contributed by atoms with E-state index in [0.717, 1.165) is 10.4 Å². The smallest absolute Gasteiger partial charge is 0.326 e. The van der Waals surface area contributed by atoms with E-state index in [0.29, 0.717) is 6.42 Å². The van der Waals surface area contributed by atoms with Crippen LogP contribution in [0.15, 0.2) is 23.1 Å². The highest BCUT2D eigenvalue weighted by Crippen LogP contribution is 2.22. The number of carbonyl (C=O) groups is 2. The Morgan fingerprint density at radius 1 is 1.33 bits per heavy atom. The number of aliphatic carboxylic acids is 1. The van der Waals surface area contributed by atoms with Crippen LogP contribution in [0.3, 0.4) is 0 Å². The van der Waals surface area contributed by atoms with E-state index in [1.54, 1.807) is 6.92 Å². The van der Waals surface area contributed by atoms with Gasteiger partial charge in [-0.2, -0.15) is 0 Å². The fraction of sp³-hybridized carbons (Fsp3) is 0.467. The minimum atomic E-state index is -3.74. The molecule has 0 radical (unpaired) electrons. The van der Waals surface area contributed by atoms with Crippen LogP contribution in [-0.2, 0) is 14.8 Å². The molecule has 0 unspecified atom stereocenters. The third-order valence-electron chi connectivity index (χ3n) is 3.73. The molecule has 24 heavy (non-hydrogen) atoms. The maximum Gasteiger partial charge on any atom is 0.326 e. The first-order valence-electron chi connectivity index (χ1n) is 7.28. The van der Waals surface area contributed by atoms with E-state index in [-0.39, 0.29) is 21.4 Å². The number of carboxylic acid groups (broad SMARTS) is 1. The number of benzene rings is 1. The molecule has 7 nitrogen and oxygen atoms in total. The van der Waals surface area contributed by atoms with Gasteiger partial charge in [0.1, 0.15) is 6.04 Å². The summed E-state index contributed by atoms with van der Waals surface area (Å²) in [5, 5.41) is 11.7. The van der Waals surface area contributed by atoms with Gasteiger partial charge in [0.15, 0.2) is 0 Å². The summed E-state index contributed by atoms with van der Waals surface area (Å²) in [6.45, 7) is 3.51. The van der Waals surface area contributed by atoms with Crippen LogP contribution in [0, 0.1) is 5.92 Å². The first-order valence-corrected chi connectivity index (χ1v) is 9.09. The summed E-state index contributed by atoms with van der Waals surface area (Å²) in [6, 6.07) is 2.64. The van der Waals surface area contributed by atoms with Crippen molar-refractivity contribution in [2.45, 2.75) is 31.2 Å². The third kappa shape index (κ3) is 4.46. The van der Waals surface area contributed by atoms with Crippen molar-refractivity contribution >= 4 is 33.5 Å². The SMILES string of the molecule is CC[C@@H](C)[C@@H](NC(=O)c1cc(S(=O)(=O)N(C)C)ccc1Cl)C(=O)O. The molecule has 0 aliphatic carbocycles. The number of carbonyl (C=O) groups excluding carboxylic acids is 1. The summed E-state index contributed by atoms with van der Waals surface area (Å²) in [7, 11) is -1.00. The van der Waals surface area contributed by atoms with Crippen molar-refractivity contribution in [3.05, 3.63) is 28.8 Å². The van der Waals surface area contributed by atoms with Gasteiger partial charge < -0.3 is 10.4 Å². The standard InChI is InChI=1S/C15H21ClN2O5S/c1-5-9(2)13(15(20)21)17-14(19)11-8-10(6-7-12(11)16)24(22,23)18(3)4/h6-9,13H,5H2,1-4H3,(H,17,19)(H,20,21)/t9-,13-/m1/s1. The minimum absolute atomic E-state index is 0.0403. The molecule has 0 saturated heterocycles. The van der Waals surface area contributed by atoms with E-state index in [2.05, 4.69) is 5.32 Å². The minimum Gasteiger partial charge on any atom is -0.480 e. The lowest BCUT2D eigenvalue weighted by Gasteiger charge is -2.20. The number of halogens is 1. The lowest BCUT2D eigenvalue weighted by molar-refractivity contribution is -0.140. The molecule has 0 aromatic heterocycles. The van der Waals surface area contributed by atoms with Crippen LogP contribution in [0.25, 0.3) is 0 Å². The second kappa shape index (κ2) is 7.96. The third-order valence-corrected chi connectivity index (χ3v) is 5.87. The summed E-state index contributed by atoms with van der Waals surface area (Å²) >= 11 is 5.98. The molecular weight excluding hydrogens is 356 g/mol. The van der Waals surface area contributed by atoms with Crippen LogP contribution in [-0.4, -0.2) is 49.8 Å². The highest BCUT2D eigenvalue weighted by atomic mass is 35.5. The van der Waals surface area contributed by atoms with Crippen LogP contribution >= 0.6 is 11.6 Å². The first kappa shape index (κ1) is 20.4. The van der Waals surface area contributed by atoms with Crippen molar-refractivity contribution in [3.63, 3.8) is 0 Å². The van der Waals surface area contributed by atoms with Gasteiger partial charge in [0.05, 0.1) is 15.5 Å². The normalized spacial score (nSPS) is 14.2. The van der Waals surface area contributed by atoms with Crippen LogP contribution in [0.5, 0.6) is 0 Å². The topological polar surface area (TPSA) is 104 Å². The molecule has 0 bridgehead atoms. The summed E-state index contributed by atoms with van der Waals surface area (Å²) < 4.78 is 25.3. The lowest BCUT2D eigenvalue weighted by Crippen LogP contribution is -2.45. The Kier molecular flexibility index (Phi) is 6.76. The Balaban J connectivity index is 3.22. The van der Waals surface area contributed by atoms with Crippen molar-refractivity contribution in [1.82, 2.24) is 9.62 Å². The second-order valence-corrected chi connectivity index (χ2v) is 8.16. The average molecular weight is 377 g/mol. The molecule has 0 heterocycles. The molecule has 0 saturated carbocycles. The second-order valence-electron chi connectivity index (χ2n) is 5.60. The average Bonchev–Trinajstić information content (AvgIpc) is 2.51. The molecular formula is C15H21ClN2O5S. The molecule has 1 aromatic carbocycles. The van der Waals surface area contributed by atoms with Gasteiger partial charge in [0.2, 0.25) is 10.0 Å². The summed E-state index contributed by atoms with van der Waals surface area (Å²) in [5.74, 6) is -2.19. The van der Waals surface area contributed by atoms with E-state index in [4.69, 9.17) is 11.6 Å². The van der Waals surface area contributed by atoms with Gasteiger partial charge in [-0.25, -0.2) is 17.5 Å². The lowest BCUT2D eigenvalue weighted by atomic mass is 9.99. The van der Waals surface area contributed by atoms with Gasteiger partial charge in [-0.05, 0) is 24.1 Å². The van der Waals surface area contributed by atoms with E-state index >= 15 is 0 Å². The van der Waals surface area contributed by atoms with E-state index < -0.39 is 27.9 Å². The summed E-state index contributed by atoms with van der Waals surface area (Å²) in [4.78, 5) is 23.6. The predicted octanol–water partition coefficient (Wildman–Crippen LogP) is 1.82. The van der Waals surface area contributed by atoms with E-state index in [1.165, 1.54) is 26.2 Å². The van der Waals surface area contributed by atoms with Gasteiger partial charge in [-0.3, -0.25) is 4.79 Å². The molecule has 134 valence electrons. The zero-order valence-corrected chi connectivity index (χ0v) is 15.5. The molecule has 0 spiro atoms. The molecule has 2 N–H and O–H groups in total. The number of carboxylic acids is 1. The molecule has 9 heteroatoms. The van der Waals surface area contributed by atoms with Crippen LogP contribution in [0.2, 0.25) is 5.02 Å². The fourth-order valence-corrected chi connectivity index (χ4v) is 3.08. The number of hydrogen-bond acceptors (Lipinski definition) is 4. The maximum atomic E-state index is 12.4. The largest absolute Gasteiger partial charge is 0.480 e. The van der Waals surface area contributed by atoms with Crippen molar-refractivity contribution in [1.29, 1.82) is 0 Å². The zero-order chi connectivity index (χ0) is 18.7. The Labute approximate surface area is 146 Å². The Morgan fingerprint density at radius 3 is 2.38 bits per heavy atom. The molecule has 0 aliphatic rings. The van der Waals surface area contributed by atoms with Crippen LogP contribution in [0.4, 0.5) is 0 Å². The highest BCUT2D eigenvalue weighted by molar-refractivity contribution is 7.89. The van der Waals surface area contributed by atoms with Crippen molar-refractivity contribution in [3.8, 4) is 0 Å². The van der Waals surface area contributed by atoms with E-state index in [9.17, 15) is 23.1 Å².